The van der Waals surface area contributed by atoms with E-state index >= 15 is 0 Å². The molecule has 1 amide bonds. The van der Waals surface area contributed by atoms with Crippen molar-refractivity contribution in [3.63, 3.8) is 0 Å². The predicted octanol–water partition coefficient (Wildman–Crippen LogP) is -1.52. The zero-order valence-corrected chi connectivity index (χ0v) is 12.8. The van der Waals surface area contributed by atoms with Crippen LogP contribution in [-0.4, -0.2) is 61.6 Å². The number of carbonyl (C=O) groups excluding carboxylic acids is 1. The van der Waals surface area contributed by atoms with Gasteiger partial charge in [-0.1, -0.05) is 27.7 Å². The van der Waals surface area contributed by atoms with E-state index in [9.17, 15) is 25.2 Å². The molecule has 0 aromatic heterocycles. The Kier molecular flexibility index (Phi) is 2.48. The van der Waals surface area contributed by atoms with Gasteiger partial charge in [-0.05, 0) is 0 Å². The van der Waals surface area contributed by atoms with Crippen molar-refractivity contribution < 1.29 is 30.0 Å². The number of ether oxygens (including phenoxy) is 1. The van der Waals surface area contributed by atoms with Crippen molar-refractivity contribution in [2.75, 3.05) is 0 Å². The quantitative estimate of drug-likeness (QED) is 0.423. The molecule has 1 aliphatic heterocycles. The van der Waals surface area contributed by atoms with Gasteiger partial charge in [0, 0.05) is 12.3 Å². The highest BCUT2D eigenvalue weighted by Gasteiger charge is 2.95. The zero-order valence-electron chi connectivity index (χ0n) is 12.8. The second kappa shape index (κ2) is 3.44. The highest BCUT2D eigenvalue weighted by atomic mass is 16.7. The molecule has 3 rings (SSSR count). The molecule has 0 radical (unpaired) electrons. The summed E-state index contributed by atoms with van der Waals surface area (Å²) in [6, 6.07) is -1.00. The van der Waals surface area contributed by atoms with E-state index in [1.165, 1.54) is 6.92 Å². The first-order valence-corrected chi connectivity index (χ1v) is 7.10. The van der Waals surface area contributed by atoms with Gasteiger partial charge in [0.05, 0.1) is 17.6 Å². The third kappa shape index (κ3) is 1.23. The SMILES string of the molecule is CC(=O)N[C@@H]1[C@@H]([C@]2(O)C(O)C2(C)C)O[C@@]2(O)C(C)(C)[C@@]12O. The maximum atomic E-state index is 11.5. The standard InChI is InChI=1S/C14H23NO6/c1-6(16)15-7-8(12(18)9(17)10(12,2)3)21-14(20)11(4,5)13(7,14)19/h7-9,17-20H,1-5H3,(H,15,16)/t7-,8+,9?,12+,13+,14+/m1/s1. The van der Waals surface area contributed by atoms with Gasteiger partial charge in [0.15, 0.2) is 5.60 Å². The molecule has 1 saturated heterocycles. The molecule has 0 aromatic rings. The van der Waals surface area contributed by atoms with Crippen LogP contribution in [0, 0.1) is 10.8 Å². The normalized spacial score (nSPS) is 55.8. The minimum Gasteiger partial charge on any atom is -0.389 e. The van der Waals surface area contributed by atoms with E-state index in [4.69, 9.17) is 4.74 Å². The minimum absolute atomic E-state index is 0.412. The molecular formula is C14H23NO6. The molecule has 120 valence electrons. The van der Waals surface area contributed by atoms with Crippen molar-refractivity contribution in [2.45, 2.75) is 69.9 Å². The molecule has 5 N–H and O–H groups in total. The zero-order chi connectivity index (χ0) is 16.2. The van der Waals surface area contributed by atoms with Crippen LogP contribution >= 0.6 is 0 Å². The lowest BCUT2D eigenvalue weighted by Crippen LogP contribution is -2.57. The summed E-state index contributed by atoms with van der Waals surface area (Å²) in [6.45, 7) is 7.85. The Bertz CT molecular complexity index is 534. The molecule has 3 fully saturated rings. The van der Waals surface area contributed by atoms with Crippen molar-refractivity contribution in [1.82, 2.24) is 5.32 Å². The Morgan fingerprint density at radius 1 is 1.14 bits per heavy atom. The molecule has 0 bridgehead atoms. The summed E-state index contributed by atoms with van der Waals surface area (Å²) in [4.78, 5) is 11.5. The summed E-state index contributed by atoms with van der Waals surface area (Å²) in [7, 11) is 0. The van der Waals surface area contributed by atoms with Gasteiger partial charge in [0.25, 0.3) is 0 Å². The van der Waals surface area contributed by atoms with E-state index < -0.39 is 52.0 Å². The van der Waals surface area contributed by atoms with Gasteiger partial charge >= 0.3 is 0 Å². The van der Waals surface area contributed by atoms with E-state index in [2.05, 4.69) is 5.32 Å². The van der Waals surface area contributed by atoms with Crippen LogP contribution in [0.15, 0.2) is 0 Å². The first-order chi connectivity index (χ1) is 9.30. The number of aliphatic hydroxyl groups excluding tert-OH is 1. The van der Waals surface area contributed by atoms with E-state index in [-0.39, 0.29) is 0 Å². The lowest BCUT2D eigenvalue weighted by atomic mass is 9.88. The summed E-state index contributed by atoms with van der Waals surface area (Å²) >= 11 is 0. The third-order valence-corrected chi connectivity index (χ3v) is 6.15. The van der Waals surface area contributed by atoms with Crippen LogP contribution in [0.25, 0.3) is 0 Å². The van der Waals surface area contributed by atoms with E-state index in [0.29, 0.717) is 0 Å². The first-order valence-electron chi connectivity index (χ1n) is 7.10. The number of hydrogen-bond donors (Lipinski definition) is 5. The molecule has 1 unspecified atom stereocenters. The van der Waals surface area contributed by atoms with Crippen LogP contribution in [-0.2, 0) is 9.53 Å². The Morgan fingerprint density at radius 2 is 1.62 bits per heavy atom. The Balaban J connectivity index is 2.00. The fraction of sp³-hybridized carbons (Fsp3) is 0.929. The average Bonchev–Trinajstić information content (AvgIpc) is 2.80. The topological polar surface area (TPSA) is 119 Å². The van der Waals surface area contributed by atoms with Crippen LogP contribution in [0.1, 0.15) is 34.6 Å². The van der Waals surface area contributed by atoms with Crippen molar-refractivity contribution in [3.8, 4) is 0 Å². The number of hydrogen-bond acceptors (Lipinski definition) is 6. The molecule has 0 aromatic carbocycles. The summed E-state index contributed by atoms with van der Waals surface area (Å²) in [6.07, 6.45) is -2.14. The summed E-state index contributed by atoms with van der Waals surface area (Å²) < 4.78 is 5.57. The number of aliphatic hydroxyl groups is 4. The minimum atomic E-state index is -1.86. The third-order valence-electron chi connectivity index (χ3n) is 6.15. The molecule has 6 atom stereocenters. The van der Waals surface area contributed by atoms with Gasteiger partial charge in [-0.3, -0.25) is 4.79 Å². The van der Waals surface area contributed by atoms with Crippen LogP contribution in [0.3, 0.4) is 0 Å². The largest absolute Gasteiger partial charge is 0.389 e. The highest BCUT2D eigenvalue weighted by molar-refractivity contribution is 5.74. The summed E-state index contributed by atoms with van der Waals surface area (Å²) in [5.74, 6) is -2.27. The average molecular weight is 301 g/mol. The van der Waals surface area contributed by atoms with Crippen molar-refractivity contribution in [2.24, 2.45) is 10.8 Å². The number of amides is 1. The molecule has 7 heteroatoms. The van der Waals surface area contributed by atoms with Gasteiger partial charge in [0.1, 0.15) is 11.7 Å². The molecule has 2 aliphatic carbocycles. The number of fused-ring (bicyclic) bond motifs is 1. The molecule has 2 saturated carbocycles. The molecule has 1 heterocycles. The molecule has 0 spiro atoms. The number of rotatable bonds is 2. The molecule has 3 aliphatic rings. The second-order valence-electron chi connectivity index (χ2n) is 7.70. The van der Waals surface area contributed by atoms with Crippen molar-refractivity contribution >= 4 is 5.91 Å². The lowest BCUT2D eigenvalue weighted by molar-refractivity contribution is -0.201. The Hall–Kier alpha value is -0.730. The Morgan fingerprint density at radius 3 is 2.00 bits per heavy atom. The maximum Gasteiger partial charge on any atom is 0.217 e. The maximum absolute atomic E-state index is 11.5. The van der Waals surface area contributed by atoms with Gasteiger partial charge in [-0.15, -0.1) is 0 Å². The van der Waals surface area contributed by atoms with Gasteiger partial charge in [-0.2, -0.15) is 0 Å². The molecule has 7 nitrogen and oxygen atoms in total. The van der Waals surface area contributed by atoms with Gasteiger partial charge in [0.2, 0.25) is 11.7 Å². The fourth-order valence-electron chi connectivity index (χ4n) is 4.14. The van der Waals surface area contributed by atoms with E-state index in [0.717, 1.165) is 0 Å². The monoisotopic (exact) mass is 301 g/mol. The highest BCUT2D eigenvalue weighted by Crippen LogP contribution is 2.75. The van der Waals surface area contributed by atoms with Crippen LogP contribution in [0.2, 0.25) is 0 Å². The molecular weight excluding hydrogens is 278 g/mol. The lowest BCUT2D eigenvalue weighted by Gasteiger charge is -2.33. The van der Waals surface area contributed by atoms with Crippen LogP contribution in [0.4, 0.5) is 0 Å². The second-order valence-corrected chi connectivity index (χ2v) is 7.70. The molecule has 21 heavy (non-hydrogen) atoms. The van der Waals surface area contributed by atoms with E-state index in [1.54, 1.807) is 27.7 Å². The first kappa shape index (κ1) is 15.2. The smallest absolute Gasteiger partial charge is 0.217 e. The van der Waals surface area contributed by atoms with Gasteiger partial charge in [-0.25, -0.2) is 0 Å². The van der Waals surface area contributed by atoms with Crippen LogP contribution in [0.5, 0.6) is 0 Å². The van der Waals surface area contributed by atoms with Crippen LogP contribution < -0.4 is 5.32 Å². The summed E-state index contributed by atoms with van der Waals surface area (Å²) in [5, 5.41) is 44.6. The predicted molar refractivity (Wildman–Crippen MR) is 70.9 cm³/mol. The number of carbonyl (C=O) groups is 1. The van der Waals surface area contributed by atoms with Crippen molar-refractivity contribution in [1.29, 1.82) is 0 Å². The van der Waals surface area contributed by atoms with Gasteiger partial charge < -0.3 is 30.5 Å². The number of nitrogens with one attached hydrogen (secondary N) is 1. The summed E-state index contributed by atoms with van der Waals surface area (Å²) in [5.41, 5.74) is -5.16. The fourth-order valence-corrected chi connectivity index (χ4v) is 4.14. The van der Waals surface area contributed by atoms with Crippen molar-refractivity contribution in [3.05, 3.63) is 0 Å². The Labute approximate surface area is 122 Å². The van der Waals surface area contributed by atoms with E-state index in [1.807, 2.05) is 0 Å².